The molecule has 2 aliphatic rings. The van der Waals surface area contributed by atoms with Crippen molar-refractivity contribution in [3.63, 3.8) is 0 Å². The second-order valence-corrected chi connectivity index (χ2v) is 8.15. The number of hydrogen-bond donors (Lipinski definition) is 1. The van der Waals surface area contributed by atoms with E-state index in [4.69, 9.17) is 4.74 Å². The van der Waals surface area contributed by atoms with E-state index in [0.717, 1.165) is 27.8 Å². The van der Waals surface area contributed by atoms with Gasteiger partial charge in [0.15, 0.2) is 0 Å². The van der Waals surface area contributed by atoms with Crippen LogP contribution in [-0.2, 0) is 11.2 Å². The number of halogens is 1. The number of carbonyl (C=O) groups is 2. The van der Waals surface area contributed by atoms with E-state index in [1.165, 1.54) is 0 Å². The molecule has 1 aromatic carbocycles. The molecule has 2 aliphatic heterocycles. The Bertz CT molecular complexity index is 827. The number of amides is 2. The van der Waals surface area contributed by atoms with Crippen molar-refractivity contribution in [1.82, 2.24) is 5.32 Å². The summed E-state index contributed by atoms with van der Waals surface area (Å²) in [5.74, 6) is 0.433. The summed E-state index contributed by atoms with van der Waals surface area (Å²) in [5.41, 5.74) is 3.23. The Labute approximate surface area is 162 Å². The normalized spacial score (nSPS) is 21.8. The quantitative estimate of drug-likeness (QED) is 0.809. The molecule has 0 radical (unpaired) electrons. The number of hydrogen-bond acceptors (Lipinski definition) is 3. The molecule has 0 saturated carbocycles. The maximum Gasteiger partial charge on any atom is 0.254 e. The molecular formula is C20H23BrN2O3. The van der Waals surface area contributed by atoms with Crippen molar-refractivity contribution in [2.45, 2.75) is 40.2 Å². The zero-order valence-electron chi connectivity index (χ0n) is 15.4. The molecule has 0 fully saturated rings. The Morgan fingerprint density at radius 3 is 2.77 bits per heavy atom. The van der Waals surface area contributed by atoms with Gasteiger partial charge in [-0.3, -0.25) is 9.59 Å². The van der Waals surface area contributed by atoms with Crippen LogP contribution in [0.3, 0.4) is 0 Å². The Morgan fingerprint density at radius 2 is 2.12 bits per heavy atom. The minimum atomic E-state index is -0.394. The number of dihydropyridines is 1. The summed E-state index contributed by atoms with van der Waals surface area (Å²) in [6.45, 7) is 8.18. The number of nitrogens with zero attached hydrogens (tertiary/aromatic N) is 1. The number of ether oxygens (including phenoxy) is 1. The SMILES string of the molecule is CC1=CC(C)=NC(=O)C1CNC(=O)c1cc(Br)c2c(c1)CC(C(C)C)O2. The average molecular weight is 419 g/mol. The predicted octanol–water partition coefficient (Wildman–Crippen LogP) is 3.70. The standard InChI is InChI=1S/C20H23BrN2O3/c1-10(2)17-8-13-6-14(7-16(21)18(13)26-17)19(24)22-9-15-11(3)5-12(4)23-20(15)25/h5-7,10,15,17H,8-9H2,1-4H3,(H,22,24). The molecule has 1 N–H and O–H groups in total. The molecule has 6 heteroatoms. The van der Waals surface area contributed by atoms with Gasteiger partial charge in [-0.2, -0.15) is 0 Å². The third-order valence-corrected chi connectivity index (χ3v) is 5.44. The summed E-state index contributed by atoms with van der Waals surface area (Å²) in [6.07, 6.45) is 2.81. The predicted molar refractivity (Wildman–Crippen MR) is 105 cm³/mol. The summed E-state index contributed by atoms with van der Waals surface area (Å²) in [5, 5.41) is 2.87. The largest absolute Gasteiger partial charge is 0.488 e. The van der Waals surface area contributed by atoms with E-state index in [9.17, 15) is 9.59 Å². The molecule has 0 saturated heterocycles. The Kier molecular flexibility index (Phi) is 5.32. The molecule has 0 aliphatic carbocycles. The second-order valence-electron chi connectivity index (χ2n) is 7.29. The van der Waals surface area contributed by atoms with E-state index < -0.39 is 5.92 Å². The second kappa shape index (κ2) is 7.35. The summed E-state index contributed by atoms with van der Waals surface area (Å²) >= 11 is 3.51. The zero-order valence-corrected chi connectivity index (χ0v) is 17.0. The number of rotatable bonds is 4. The fraction of sp³-hybridized carbons (Fsp3) is 0.450. The lowest BCUT2D eigenvalue weighted by atomic mass is 9.95. The highest BCUT2D eigenvalue weighted by Crippen LogP contribution is 2.39. The van der Waals surface area contributed by atoms with Crippen molar-refractivity contribution >= 4 is 33.5 Å². The minimum Gasteiger partial charge on any atom is -0.488 e. The van der Waals surface area contributed by atoms with Gasteiger partial charge in [-0.05, 0) is 59.5 Å². The smallest absolute Gasteiger partial charge is 0.254 e. The van der Waals surface area contributed by atoms with Crippen LogP contribution in [-0.4, -0.2) is 30.2 Å². The van der Waals surface area contributed by atoms with Crippen LogP contribution in [0.5, 0.6) is 5.75 Å². The van der Waals surface area contributed by atoms with Gasteiger partial charge in [0.25, 0.3) is 11.8 Å². The first-order valence-electron chi connectivity index (χ1n) is 8.81. The highest BCUT2D eigenvalue weighted by Gasteiger charge is 2.29. The molecule has 2 amide bonds. The van der Waals surface area contributed by atoms with Crippen LogP contribution in [0.1, 0.15) is 43.6 Å². The Balaban J connectivity index is 1.70. The first-order valence-corrected chi connectivity index (χ1v) is 9.60. The topological polar surface area (TPSA) is 67.8 Å². The van der Waals surface area contributed by atoms with Crippen molar-refractivity contribution in [2.24, 2.45) is 16.8 Å². The molecule has 0 aromatic heterocycles. The van der Waals surface area contributed by atoms with Gasteiger partial charge in [0.05, 0.1) is 10.4 Å². The Morgan fingerprint density at radius 1 is 1.38 bits per heavy atom. The average Bonchev–Trinajstić information content (AvgIpc) is 2.98. The van der Waals surface area contributed by atoms with Gasteiger partial charge in [0, 0.05) is 24.2 Å². The van der Waals surface area contributed by atoms with E-state index in [0.29, 0.717) is 17.2 Å². The van der Waals surface area contributed by atoms with Crippen LogP contribution in [0, 0.1) is 11.8 Å². The van der Waals surface area contributed by atoms with Crippen molar-refractivity contribution in [1.29, 1.82) is 0 Å². The molecule has 1 aromatic rings. The van der Waals surface area contributed by atoms with Gasteiger partial charge < -0.3 is 10.1 Å². The summed E-state index contributed by atoms with van der Waals surface area (Å²) in [6, 6.07) is 3.65. The zero-order chi connectivity index (χ0) is 19.0. The van der Waals surface area contributed by atoms with Gasteiger partial charge >= 0.3 is 0 Å². The molecule has 0 bridgehead atoms. The van der Waals surface area contributed by atoms with E-state index in [-0.39, 0.29) is 24.5 Å². The summed E-state index contributed by atoms with van der Waals surface area (Å²) < 4.78 is 6.77. The lowest BCUT2D eigenvalue weighted by Crippen LogP contribution is -2.34. The number of aliphatic imine (C=N–C) groups is 1. The fourth-order valence-electron chi connectivity index (χ4n) is 3.30. The van der Waals surface area contributed by atoms with Crippen LogP contribution >= 0.6 is 15.9 Å². The van der Waals surface area contributed by atoms with Crippen LogP contribution in [0.4, 0.5) is 0 Å². The van der Waals surface area contributed by atoms with Crippen molar-refractivity contribution < 1.29 is 14.3 Å². The molecule has 2 unspecified atom stereocenters. The van der Waals surface area contributed by atoms with Gasteiger partial charge in [-0.1, -0.05) is 19.4 Å². The first kappa shape index (κ1) is 18.8. The van der Waals surface area contributed by atoms with Gasteiger partial charge in [-0.15, -0.1) is 0 Å². The highest BCUT2D eigenvalue weighted by atomic mass is 79.9. The van der Waals surface area contributed by atoms with Crippen LogP contribution < -0.4 is 10.1 Å². The highest BCUT2D eigenvalue weighted by molar-refractivity contribution is 9.10. The third-order valence-electron chi connectivity index (χ3n) is 4.85. The molecular weight excluding hydrogens is 396 g/mol. The van der Waals surface area contributed by atoms with Crippen LogP contribution in [0.25, 0.3) is 0 Å². The third kappa shape index (κ3) is 3.75. The van der Waals surface area contributed by atoms with Gasteiger partial charge in [0.2, 0.25) is 0 Å². The molecule has 2 heterocycles. The van der Waals surface area contributed by atoms with Gasteiger partial charge in [-0.25, -0.2) is 4.99 Å². The van der Waals surface area contributed by atoms with E-state index in [2.05, 4.69) is 40.1 Å². The Hall–Kier alpha value is -1.95. The monoisotopic (exact) mass is 418 g/mol. The maximum absolute atomic E-state index is 12.6. The maximum atomic E-state index is 12.6. The number of nitrogens with one attached hydrogen (secondary N) is 1. The fourth-order valence-corrected chi connectivity index (χ4v) is 3.90. The first-order chi connectivity index (χ1) is 12.3. The number of fused-ring (bicyclic) bond motifs is 1. The van der Waals surface area contributed by atoms with Crippen molar-refractivity contribution in [3.8, 4) is 5.75 Å². The van der Waals surface area contributed by atoms with Crippen LogP contribution in [0.2, 0.25) is 0 Å². The molecule has 5 nitrogen and oxygen atoms in total. The molecule has 138 valence electrons. The minimum absolute atomic E-state index is 0.133. The number of carbonyl (C=O) groups excluding carboxylic acids is 2. The summed E-state index contributed by atoms with van der Waals surface area (Å²) in [7, 11) is 0. The number of allylic oxidation sites excluding steroid dienone is 1. The van der Waals surface area contributed by atoms with Gasteiger partial charge in [0.1, 0.15) is 11.9 Å². The molecule has 3 rings (SSSR count). The lowest BCUT2D eigenvalue weighted by molar-refractivity contribution is -0.120. The van der Waals surface area contributed by atoms with Crippen molar-refractivity contribution in [2.75, 3.05) is 6.54 Å². The number of benzene rings is 1. The lowest BCUT2D eigenvalue weighted by Gasteiger charge is -2.19. The van der Waals surface area contributed by atoms with Crippen LogP contribution in [0.15, 0.2) is 33.2 Å². The van der Waals surface area contributed by atoms with E-state index >= 15 is 0 Å². The molecule has 0 spiro atoms. The molecule has 2 atom stereocenters. The molecule has 26 heavy (non-hydrogen) atoms. The summed E-state index contributed by atoms with van der Waals surface area (Å²) in [4.78, 5) is 28.6. The van der Waals surface area contributed by atoms with E-state index in [1.807, 2.05) is 19.1 Å². The van der Waals surface area contributed by atoms with E-state index in [1.54, 1.807) is 13.0 Å². The van der Waals surface area contributed by atoms with Crippen molar-refractivity contribution in [3.05, 3.63) is 39.4 Å².